The fraction of sp³-hybridized carbons (Fsp3) is 0.312. The van der Waals surface area contributed by atoms with Crippen LogP contribution >= 0.6 is 23.2 Å². The number of alkyl halides is 6. The van der Waals surface area contributed by atoms with Gasteiger partial charge in [-0.05, 0) is 18.2 Å². The molecule has 1 N–H and O–H groups in total. The lowest BCUT2D eigenvalue weighted by Crippen LogP contribution is -2.32. The number of nitrogens with one attached hydrogen (secondary N) is 1. The molecular weight excluding hydrogens is 481 g/mol. The summed E-state index contributed by atoms with van der Waals surface area (Å²) in [6.07, 6.45) is -9.49. The van der Waals surface area contributed by atoms with Crippen LogP contribution in [0, 0.1) is 0 Å². The number of carbonyl (C=O) groups excluding carboxylic acids is 1. The second-order valence-corrected chi connectivity index (χ2v) is 6.60. The Balaban J connectivity index is 2.24. The smallest absolute Gasteiger partial charge is 0.422 e. The number of aromatic nitrogens is 2. The lowest BCUT2D eigenvalue weighted by molar-refractivity contribution is -0.154. The average Bonchev–Trinajstić information content (AvgIpc) is 2.63. The standard InChI is InChI=1S/C16H12Cl2F6N4O3/c1-28(10-3-2-8(17)4-9(10)18)14(29)27-13-25-11(30-6-15(19,20)21)5-12(26-13)31-7-16(22,23)24/h2-5H,6-7H2,1H3,(H,25,26,27,29). The summed E-state index contributed by atoms with van der Waals surface area (Å²) < 4.78 is 83.0. The van der Waals surface area contributed by atoms with Crippen molar-refractivity contribution in [3.8, 4) is 11.8 Å². The Morgan fingerprint density at radius 3 is 1.97 bits per heavy atom. The van der Waals surface area contributed by atoms with Gasteiger partial charge < -0.3 is 9.47 Å². The van der Waals surface area contributed by atoms with E-state index in [-0.39, 0.29) is 10.7 Å². The van der Waals surface area contributed by atoms with E-state index in [0.29, 0.717) is 11.1 Å². The van der Waals surface area contributed by atoms with Crippen molar-refractivity contribution in [2.24, 2.45) is 0 Å². The van der Waals surface area contributed by atoms with Gasteiger partial charge in [0.1, 0.15) is 0 Å². The van der Waals surface area contributed by atoms with Gasteiger partial charge in [0.2, 0.25) is 17.7 Å². The summed E-state index contributed by atoms with van der Waals surface area (Å²) in [5, 5.41) is 2.51. The molecule has 0 unspecified atom stereocenters. The minimum atomic E-state index is -4.74. The van der Waals surface area contributed by atoms with Crippen LogP contribution in [0.25, 0.3) is 0 Å². The van der Waals surface area contributed by atoms with Gasteiger partial charge in [-0.1, -0.05) is 23.2 Å². The van der Waals surface area contributed by atoms with Crippen molar-refractivity contribution in [1.29, 1.82) is 0 Å². The molecule has 0 fully saturated rings. The second kappa shape index (κ2) is 9.64. The maximum absolute atomic E-state index is 12.4. The van der Waals surface area contributed by atoms with Crippen LogP contribution in [0.15, 0.2) is 24.3 Å². The molecule has 170 valence electrons. The van der Waals surface area contributed by atoms with Crippen molar-refractivity contribution in [1.82, 2.24) is 9.97 Å². The van der Waals surface area contributed by atoms with Crippen molar-refractivity contribution in [3.63, 3.8) is 0 Å². The number of carbonyl (C=O) groups is 1. The van der Waals surface area contributed by atoms with Gasteiger partial charge in [0.25, 0.3) is 0 Å². The zero-order valence-electron chi connectivity index (χ0n) is 15.3. The molecule has 31 heavy (non-hydrogen) atoms. The van der Waals surface area contributed by atoms with E-state index in [1.807, 2.05) is 0 Å². The summed E-state index contributed by atoms with van der Waals surface area (Å²) in [6, 6.07) is 3.91. The van der Waals surface area contributed by atoms with E-state index >= 15 is 0 Å². The Kier molecular flexibility index (Phi) is 7.65. The normalized spacial score (nSPS) is 11.8. The molecule has 15 heteroatoms. The summed E-state index contributed by atoms with van der Waals surface area (Å²) in [4.78, 5) is 20.4. The van der Waals surface area contributed by atoms with Gasteiger partial charge in [0.15, 0.2) is 13.2 Å². The van der Waals surface area contributed by atoms with Gasteiger partial charge in [0.05, 0.1) is 16.8 Å². The van der Waals surface area contributed by atoms with Crippen LogP contribution < -0.4 is 19.7 Å². The Morgan fingerprint density at radius 2 is 1.52 bits per heavy atom. The van der Waals surface area contributed by atoms with E-state index in [1.165, 1.54) is 25.2 Å². The Hall–Kier alpha value is -2.67. The van der Waals surface area contributed by atoms with Crippen molar-refractivity contribution in [3.05, 3.63) is 34.3 Å². The quantitative estimate of drug-likeness (QED) is 0.551. The van der Waals surface area contributed by atoms with E-state index < -0.39 is 49.3 Å². The highest BCUT2D eigenvalue weighted by Crippen LogP contribution is 2.29. The third-order valence-electron chi connectivity index (χ3n) is 3.24. The highest BCUT2D eigenvalue weighted by molar-refractivity contribution is 6.36. The summed E-state index contributed by atoms with van der Waals surface area (Å²) in [7, 11) is 1.29. The topological polar surface area (TPSA) is 76.6 Å². The fourth-order valence-corrected chi connectivity index (χ4v) is 2.50. The SMILES string of the molecule is CN(C(=O)Nc1nc(OCC(F)(F)F)cc(OCC(F)(F)F)n1)c1ccc(Cl)cc1Cl. The lowest BCUT2D eigenvalue weighted by Gasteiger charge is -2.19. The average molecular weight is 493 g/mol. The number of benzene rings is 1. The molecule has 0 aliphatic heterocycles. The number of urea groups is 1. The largest absolute Gasteiger partial charge is 0.468 e. The van der Waals surface area contributed by atoms with Crippen molar-refractivity contribution in [2.45, 2.75) is 12.4 Å². The predicted octanol–water partition coefficient (Wildman–Crippen LogP) is 5.33. The highest BCUT2D eigenvalue weighted by Gasteiger charge is 2.30. The van der Waals surface area contributed by atoms with Crippen LogP contribution in [0.4, 0.5) is 42.8 Å². The van der Waals surface area contributed by atoms with Crippen LogP contribution in [0.1, 0.15) is 0 Å². The van der Waals surface area contributed by atoms with Crippen LogP contribution in [0.5, 0.6) is 11.8 Å². The third-order valence-corrected chi connectivity index (χ3v) is 3.78. The van der Waals surface area contributed by atoms with E-state index in [9.17, 15) is 31.1 Å². The van der Waals surface area contributed by atoms with E-state index in [2.05, 4.69) is 24.8 Å². The molecule has 1 aromatic carbocycles. The molecule has 1 aromatic heterocycles. The summed E-state index contributed by atoms with van der Waals surface area (Å²) in [6.45, 7) is -3.56. The number of nitrogens with zero attached hydrogens (tertiary/aromatic N) is 3. The number of halogens is 8. The number of amides is 2. The molecule has 0 saturated carbocycles. The van der Waals surface area contributed by atoms with E-state index in [4.69, 9.17) is 23.2 Å². The lowest BCUT2D eigenvalue weighted by atomic mass is 10.3. The Labute approximate surface area is 180 Å². The zero-order chi connectivity index (χ0) is 23.4. The van der Waals surface area contributed by atoms with E-state index in [1.54, 1.807) is 0 Å². The second-order valence-electron chi connectivity index (χ2n) is 5.76. The maximum Gasteiger partial charge on any atom is 0.422 e. The van der Waals surface area contributed by atoms with Gasteiger partial charge >= 0.3 is 18.4 Å². The molecule has 0 radical (unpaired) electrons. The molecule has 0 bridgehead atoms. The van der Waals surface area contributed by atoms with Gasteiger partial charge in [-0.3, -0.25) is 10.2 Å². The Bertz CT molecular complexity index is 906. The highest BCUT2D eigenvalue weighted by atomic mass is 35.5. The number of ether oxygens (including phenoxy) is 2. The van der Waals surface area contributed by atoms with Crippen LogP contribution in [-0.2, 0) is 0 Å². The first-order chi connectivity index (χ1) is 14.2. The molecule has 0 spiro atoms. The molecule has 2 rings (SSSR count). The van der Waals surface area contributed by atoms with Gasteiger partial charge in [-0.2, -0.15) is 36.3 Å². The molecule has 7 nitrogen and oxygen atoms in total. The van der Waals surface area contributed by atoms with Gasteiger partial charge in [-0.15, -0.1) is 0 Å². The summed E-state index contributed by atoms with van der Waals surface area (Å²) >= 11 is 11.8. The summed E-state index contributed by atoms with van der Waals surface area (Å²) in [5.74, 6) is -2.21. The van der Waals surface area contributed by atoms with Gasteiger partial charge in [0, 0.05) is 12.1 Å². The number of hydrogen-bond donors (Lipinski definition) is 1. The molecule has 1 heterocycles. The van der Waals surface area contributed by atoms with Crippen LogP contribution in [0.3, 0.4) is 0 Å². The number of rotatable bonds is 6. The van der Waals surface area contributed by atoms with Crippen molar-refractivity contribution < 1.29 is 40.6 Å². The summed E-state index contributed by atoms with van der Waals surface area (Å²) in [5.41, 5.74) is 0.196. The molecular formula is C16H12Cl2F6N4O3. The maximum atomic E-state index is 12.4. The van der Waals surface area contributed by atoms with Crippen molar-refractivity contribution >= 4 is 40.9 Å². The minimum absolute atomic E-state index is 0.0996. The number of anilines is 2. The van der Waals surface area contributed by atoms with E-state index in [0.717, 1.165) is 4.90 Å². The number of hydrogen-bond acceptors (Lipinski definition) is 5. The molecule has 0 aliphatic carbocycles. The zero-order valence-corrected chi connectivity index (χ0v) is 16.8. The predicted molar refractivity (Wildman–Crippen MR) is 99.0 cm³/mol. The van der Waals surface area contributed by atoms with Crippen LogP contribution in [0.2, 0.25) is 10.0 Å². The Morgan fingerprint density at radius 1 is 1.00 bits per heavy atom. The molecule has 0 saturated heterocycles. The van der Waals surface area contributed by atoms with Crippen molar-refractivity contribution in [2.75, 3.05) is 30.5 Å². The third kappa shape index (κ3) is 8.17. The molecule has 0 aliphatic rings. The first-order valence-corrected chi connectivity index (χ1v) is 8.77. The first-order valence-electron chi connectivity index (χ1n) is 8.01. The van der Waals surface area contributed by atoms with Gasteiger partial charge in [-0.25, -0.2) is 4.79 Å². The molecule has 2 amide bonds. The minimum Gasteiger partial charge on any atom is -0.468 e. The fourth-order valence-electron chi connectivity index (χ4n) is 1.96. The monoisotopic (exact) mass is 492 g/mol. The van der Waals surface area contributed by atoms with Crippen LogP contribution in [-0.4, -0.2) is 48.6 Å². The first kappa shape index (κ1) is 24.6. The molecule has 2 aromatic rings. The molecule has 0 atom stereocenters.